The maximum absolute atomic E-state index is 12.7. The van der Waals surface area contributed by atoms with E-state index in [1.165, 1.54) is 4.31 Å². The molecule has 0 bridgehead atoms. The van der Waals surface area contributed by atoms with E-state index in [4.69, 9.17) is 16.3 Å². The monoisotopic (exact) mass is 372 g/mol. The minimum atomic E-state index is -3.61. The topological polar surface area (TPSA) is 59.5 Å². The fourth-order valence-electron chi connectivity index (χ4n) is 2.69. The Hall–Kier alpha value is -2.57. The van der Waals surface area contributed by atoms with Gasteiger partial charge >= 0.3 is 0 Å². The number of aromatic nitrogens is 1. The molecule has 0 radical (unpaired) electrons. The number of hydrogen-bond acceptors (Lipinski definition) is 4. The summed E-state index contributed by atoms with van der Waals surface area (Å²) in [6, 6.07) is 19.0. The lowest BCUT2D eigenvalue weighted by Crippen LogP contribution is -2.24. The van der Waals surface area contributed by atoms with Crippen LogP contribution in [0.4, 0.5) is 5.82 Å². The van der Waals surface area contributed by atoms with Crippen molar-refractivity contribution in [1.29, 1.82) is 0 Å². The van der Waals surface area contributed by atoms with Gasteiger partial charge in [0.15, 0.2) is 0 Å². The number of nitrogens with zero attached hydrogens (tertiary/aromatic N) is 2. The van der Waals surface area contributed by atoms with Crippen molar-refractivity contribution in [3.8, 4) is 11.6 Å². The van der Waals surface area contributed by atoms with Gasteiger partial charge in [0.05, 0.1) is 16.5 Å². The summed E-state index contributed by atoms with van der Waals surface area (Å²) in [6.07, 6.45) is 0. The van der Waals surface area contributed by atoms with Crippen molar-refractivity contribution in [1.82, 2.24) is 4.98 Å². The van der Waals surface area contributed by atoms with Gasteiger partial charge in [-0.2, -0.15) is 4.98 Å². The zero-order chi connectivity index (χ0) is 17.4. The van der Waals surface area contributed by atoms with Crippen LogP contribution >= 0.6 is 11.6 Å². The number of fused-ring (bicyclic) bond motifs is 1. The fourth-order valence-corrected chi connectivity index (χ4v) is 4.47. The van der Waals surface area contributed by atoms with Crippen molar-refractivity contribution >= 4 is 27.4 Å². The molecule has 0 saturated carbocycles. The molecule has 0 fully saturated rings. The van der Waals surface area contributed by atoms with Gasteiger partial charge in [-0.25, -0.2) is 12.7 Å². The first-order valence-electron chi connectivity index (χ1n) is 7.56. The summed E-state index contributed by atoms with van der Waals surface area (Å²) in [6.45, 7) is 0.251. The third-order valence-corrected chi connectivity index (χ3v) is 6.03. The number of halogens is 1. The van der Waals surface area contributed by atoms with Gasteiger partial charge in [-0.3, -0.25) is 0 Å². The first kappa shape index (κ1) is 15.9. The Morgan fingerprint density at radius 3 is 2.52 bits per heavy atom. The van der Waals surface area contributed by atoms with Crippen LogP contribution in [0.5, 0.6) is 11.6 Å². The molecule has 0 N–H and O–H groups in total. The van der Waals surface area contributed by atoms with Crippen molar-refractivity contribution in [3.05, 3.63) is 77.3 Å². The lowest BCUT2D eigenvalue weighted by molar-refractivity contribution is 0.463. The summed E-state index contributed by atoms with van der Waals surface area (Å²) in [4.78, 5) is 4.65. The number of rotatable bonds is 3. The standard InChI is InChI=1S/C18H13ClN2O3S/c19-14-7-2-3-8-15(14)24-18-11-5-10-17(20-18)21-12-13-6-1-4-9-16(13)25(21,22)23/h1-11H,12H2. The average Bonchev–Trinajstić information content (AvgIpc) is 2.89. The second-order valence-corrected chi connectivity index (χ2v) is 7.72. The van der Waals surface area contributed by atoms with Crippen LogP contribution in [-0.4, -0.2) is 13.4 Å². The van der Waals surface area contributed by atoms with E-state index >= 15 is 0 Å². The molecule has 0 aliphatic carbocycles. The number of ether oxygens (including phenoxy) is 1. The molecule has 1 aromatic heterocycles. The molecule has 0 spiro atoms. The minimum Gasteiger partial charge on any atom is -0.437 e. The molecule has 2 aromatic carbocycles. The van der Waals surface area contributed by atoms with Crippen molar-refractivity contribution in [2.45, 2.75) is 11.4 Å². The van der Waals surface area contributed by atoms with Gasteiger partial charge in [0.1, 0.15) is 11.6 Å². The predicted octanol–water partition coefficient (Wildman–Crippen LogP) is 4.24. The molecular weight excluding hydrogens is 360 g/mol. The smallest absolute Gasteiger partial charge is 0.266 e. The lowest BCUT2D eigenvalue weighted by Gasteiger charge is -2.16. The summed E-state index contributed by atoms with van der Waals surface area (Å²) in [5, 5.41) is 0.455. The highest BCUT2D eigenvalue weighted by molar-refractivity contribution is 7.93. The number of para-hydroxylation sites is 1. The molecule has 126 valence electrons. The van der Waals surface area contributed by atoms with E-state index in [1.54, 1.807) is 60.7 Å². The quantitative estimate of drug-likeness (QED) is 0.690. The number of anilines is 1. The van der Waals surface area contributed by atoms with E-state index in [-0.39, 0.29) is 12.4 Å². The van der Waals surface area contributed by atoms with E-state index in [0.29, 0.717) is 21.5 Å². The maximum atomic E-state index is 12.7. The molecule has 1 aliphatic rings. The molecule has 1 aliphatic heterocycles. The second-order valence-electron chi connectivity index (χ2n) is 5.49. The van der Waals surface area contributed by atoms with Crippen LogP contribution in [0.3, 0.4) is 0 Å². The van der Waals surface area contributed by atoms with E-state index in [9.17, 15) is 8.42 Å². The average molecular weight is 373 g/mol. The Balaban J connectivity index is 1.68. The van der Waals surface area contributed by atoms with Gasteiger partial charge in [0.25, 0.3) is 10.0 Å². The number of hydrogen-bond donors (Lipinski definition) is 0. The largest absolute Gasteiger partial charge is 0.437 e. The first-order chi connectivity index (χ1) is 12.1. The first-order valence-corrected chi connectivity index (χ1v) is 9.37. The number of pyridine rings is 1. The number of benzene rings is 2. The Kier molecular flexibility index (Phi) is 3.86. The molecule has 2 heterocycles. The molecule has 3 aromatic rings. The van der Waals surface area contributed by atoms with Crippen LogP contribution in [0.25, 0.3) is 0 Å². The molecular formula is C18H13ClN2O3S. The van der Waals surface area contributed by atoms with Gasteiger partial charge in [-0.05, 0) is 29.8 Å². The van der Waals surface area contributed by atoms with Crippen LogP contribution < -0.4 is 9.04 Å². The molecule has 7 heteroatoms. The van der Waals surface area contributed by atoms with Crippen LogP contribution in [0.15, 0.2) is 71.6 Å². The zero-order valence-corrected chi connectivity index (χ0v) is 14.5. The summed E-state index contributed by atoms with van der Waals surface area (Å²) in [5.74, 6) is 1.04. The van der Waals surface area contributed by atoms with Gasteiger partial charge in [0.2, 0.25) is 5.88 Å². The Labute approximate surface area is 150 Å². The van der Waals surface area contributed by atoms with Gasteiger partial charge in [-0.15, -0.1) is 0 Å². The van der Waals surface area contributed by atoms with Crippen molar-refractivity contribution in [2.24, 2.45) is 0 Å². The van der Waals surface area contributed by atoms with Gasteiger partial charge in [-0.1, -0.05) is 48.0 Å². The summed E-state index contributed by atoms with van der Waals surface area (Å²) in [7, 11) is -3.61. The lowest BCUT2D eigenvalue weighted by atomic mass is 10.2. The highest BCUT2D eigenvalue weighted by Crippen LogP contribution is 2.35. The molecule has 0 unspecified atom stereocenters. The predicted molar refractivity (Wildman–Crippen MR) is 95.6 cm³/mol. The molecule has 5 nitrogen and oxygen atoms in total. The Morgan fingerprint density at radius 1 is 0.960 bits per heavy atom. The van der Waals surface area contributed by atoms with E-state index < -0.39 is 10.0 Å². The van der Waals surface area contributed by atoms with E-state index in [1.807, 2.05) is 6.07 Å². The highest BCUT2D eigenvalue weighted by Gasteiger charge is 2.35. The molecule has 0 atom stereocenters. The van der Waals surface area contributed by atoms with Gasteiger partial charge < -0.3 is 4.74 Å². The van der Waals surface area contributed by atoms with Crippen LogP contribution in [0, 0.1) is 0 Å². The minimum absolute atomic E-state index is 0.251. The zero-order valence-electron chi connectivity index (χ0n) is 13.0. The van der Waals surface area contributed by atoms with Crippen molar-refractivity contribution in [2.75, 3.05) is 4.31 Å². The van der Waals surface area contributed by atoms with Crippen LogP contribution in [0.2, 0.25) is 5.02 Å². The fraction of sp³-hybridized carbons (Fsp3) is 0.0556. The maximum Gasteiger partial charge on any atom is 0.266 e. The summed E-state index contributed by atoms with van der Waals surface area (Å²) < 4.78 is 32.4. The summed E-state index contributed by atoms with van der Waals surface area (Å²) in [5.41, 5.74) is 0.752. The van der Waals surface area contributed by atoms with E-state index in [0.717, 1.165) is 5.56 Å². The van der Waals surface area contributed by atoms with E-state index in [2.05, 4.69) is 4.98 Å². The SMILES string of the molecule is O=S1(=O)c2ccccc2CN1c1cccc(Oc2ccccc2Cl)n1. The second kappa shape index (κ2) is 6.06. The third kappa shape index (κ3) is 2.83. The summed E-state index contributed by atoms with van der Waals surface area (Å²) >= 11 is 6.09. The van der Waals surface area contributed by atoms with Crippen LogP contribution in [0.1, 0.15) is 5.56 Å². The molecule has 0 amide bonds. The highest BCUT2D eigenvalue weighted by atomic mass is 35.5. The van der Waals surface area contributed by atoms with Crippen LogP contribution in [-0.2, 0) is 16.6 Å². The Bertz CT molecular complexity index is 1050. The van der Waals surface area contributed by atoms with Gasteiger partial charge in [0, 0.05) is 6.07 Å². The van der Waals surface area contributed by atoms with Crippen molar-refractivity contribution < 1.29 is 13.2 Å². The normalized spacial score (nSPS) is 15.0. The third-order valence-electron chi connectivity index (χ3n) is 3.87. The number of sulfonamides is 1. The Morgan fingerprint density at radius 2 is 1.72 bits per heavy atom. The molecule has 25 heavy (non-hydrogen) atoms. The van der Waals surface area contributed by atoms with Crippen molar-refractivity contribution in [3.63, 3.8) is 0 Å². The molecule has 0 saturated heterocycles. The molecule has 4 rings (SSSR count).